The highest BCUT2D eigenvalue weighted by Crippen LogP contribution is 2.49. The molecule has 8 N–H and O–H groups in total. The van der Waals surface area contributed by atoms with Gasteiger partial charge in [0.1, 0.15) is 36.6 Å². The molecule has 2 aromatic carbocycles. The number of ketones is 1. The van der Waals surface area contributed by atoms with Crippen LogP contribution >= 0.6 is 55.9 Å². The third-order valence-electron chi connectivity index (χ3n) is 15.9. The highest BCUT2D eigenvalue weighted by Gasteiger charge is 2.52. The Hall–Kier alpha value is -4.67. The zero-order chi connectivity index (χ0) is 66.0. The van der Waals surface area contributed by atoms with Gasteiger partial charge in [0.2, 0.25) is 17.2 Å². The fourth-order valence-electron chi connectivity index (χ4n) is 11.1. The van der Waals surface area contributed by atoms with E-state index in [2.05, 4.69) is 39.8 Å². The maximum atomic E-state index is 14.5. The number of thioether (sulfide) groups is 1. The molecule has 19 atom stereocenters. The fraction of sp³-hybridized carbons (Fsp3) is 0.583. The number of alkyl carbamates (subject to hydrolysis) is 1. The highest BCUT2D eigenvalue weighted by molar-refractivity contribution is 14.1. The number of rotatable bonds is 23. The van der Waals surface area contributed by atoms with Crippen molar-refractivity contribution in [2.75, 3.05) is 54.5 Å². The topological polar surface area (TPSA) is 352 Å². The van der Waals surface area contributed by atoms with Gasteiger partial charge >= 0.3 is 6.09 Å². The summed E-state index contributed by atoms with van der Waals surface area (Å²) in [6.45, 7) is 9.27. The summed E-state index contributed by atoms with van der Waals surface area (Å²) in [7, 11) is 9.29. The average Bonchev–Trinajstić information content (AvgIpc) is 0.833. The van der Waals surface area contributed by atoms with Crippen molar-refractivity contribution in [1.29, 1.82) is 0 Å². The number of hydrogen-bond donors (Lipinski definition) is 8. The van der Waals surface area contributed by atoms with Crippen molar-refractivity contribution in [3.8, 4) is 40.9 Å². The van der Waals surface area contributed by atoms with Gasteiger partial charge in [-0.25, -0.2) is 4.79 Å². The maximum Gasteiger partial charge on any atom is 0.411 e. The number of allylic oxidation sites excluding steroid dienone is 3. The molecule has 0 radical (unpaired) electrons. The summed E-state index contributed by atoms with van der Waals surface area (Å²) >= 11 is 2.80. The van der Waals surface area contributed by atoms with Crippen LogP contribution in [0.4, 0.5) is 10.5 Å². The van der Waals surface area contributed by atoms with Crippen molar-refractivity contribution >= 4 is 78.6 Å². The summed E-state index contributed by atoms with van der Waals surface area (Å²) in [5.74, 6) is 10.9. The molecule has 0 saturated carbocycles. The van der Waals surface area contributed by atoms with Crippen molar-refractivity contribution in [3.05, 3.63) is 84.1 Å². The minimum Gasteiger partial charge on any atom is -0.492 e. The number of nitrogens with one attached hydrogen (secondary N) is 3. The van der Waals surface area contributed by atoms with Crippen LogP contribution in [-0.2, 0) is 52.3 Å². The van der Waals surface area contributed by atoms with Gasteiger partial charge in [0, 0.05) is 61.0 Å². The number of carbonyl (C=O) groups excluding carboxylic acids is 3. The van der Waals surface area contributed by atoms with Crippen LogP contribution in [0.5, 0.6) is 17.2 Å². The van der Waals surface area contributed by atoms with E-state index in [0.29, 0.717) is 20.6 Å². The van der Waals surface area contributed by atoms with Crippen LogP contribution in [0.1, 0.15) is 62.9 Å². The van der Waals surface area contributed by atoms with Gasteiger partial charge < -0.3 is 87.7 Å². The predicted molar refractivity (Wildman–Crippen MR) is 337 cm³/mol. The van der Waals surface area contributed by atoms with Crippen LogP contribution in [0.2, 0.25) is 0 Å². The first-order chi connectivity index (χ1) is 43.5. The number of ether oxygens (including phenoxy) is 12. The van der Waals surface area contributed by atoms with Crippen molar-refractivity contribution in [3.63, 3.8) is 0 Å². The number of Topliss-reactive ketones (excluding diaryl/α,β-unsaturated/α-hetero) is 1. The zero-order valence-electron chi connectivity index (χ0n) is 51.3. The van der Waals surface area contributed by atoms with E-state index in [1.54, 1.807) is 53.0 Å². The van der Waals surface area contributed by atoms with Crippen LogP contribution in [0.3, 0.4) is 0 Å². The summed E-state index contributed by atoms with van der Waals surface area (Å²) in [5, 5.41) is 74.2. The van der Waals surface area contributed by atoms with Crippen LogP contribution in [0.25, 0.3) is 0 Å². The van der Waals surface area contributed by atoms with E-state index in [4.69, 9.17) is 61.7 Å². The molecule has 6 aliphatic rings. The number of aliphatic hydroxyl groups is 5. The molecule has 91 heavy (non-hydrogen) atoms. The maximum absolute atomic E-state index is 14.5. The smallest absolute Gasteiger partial charge is 0.411 e. The Morgan fingerprint density at radius 1 is 0.879 bits per heavy atom. The molecule has 4 saturated heterocycles. The molecular formula is C60H75IN4O23S3. The molecular weight excluding hydrogens is 1370 g/mol. The first-order valence-electron chi connectivity index (χ1n) is 28.9. The summed E-state index contributed by atoms with van der Waals surface area (Å²) < 4.78 is 72.6. The van der Waals surface area contributed by atoms with Gasteiger partial charge in [0.15, 0.2) is 41.8 Å². The SMILES string of the molecule is CCN[C@H]1CO[C@@H](O[C@H]2[C@H](O[C@H]3C#CC=CC#C[C@]4(O)CC(=O)C(NC(=O)OC)=C3/C4=C\CSSc3ccc([N+](=O)[O-])cc3)O[C@H](C)[C@@H](NO[C@H]3C[C@H](O)[C@H](SC(=O)c4c(C)c(I)c(O[C@@H]5O[C@@H](C)[C@H](O)[C@@H](OC)[C@H]5O)c(OC)c4OC)[C@@H](C)O3)[C@@H]2O)C[C@@H]1OC. The van der Waals surface area contributed by atoms with E-state index in [0.717, 1.165) is 18.9 Å². The number of nitro benzene ring substituents is 1. The van der Waals surface area contributed by atoms with Gasteiger partial charge in [-0.05, 0) is 86.7 Å². The Morgan fingerprint density at radius 3 is 2.25 bits per heavy atom. The molecule has 31 heteroatoms. The lowest BCUT2D eigenvalue weighted by Crippen LogP contribution is -2.65. The molecule has 0 aromatic heterocycles. The molecule has 2 aromatic rings. The van der Waals surface area contributed by atoms with Crippen molar-refractivity contribution < 1.29 is 107 Å². The molecule has 0 unspecified atom stereocenters. The highest BCUT2D eigenvalue weighted by atomic mass is 127. The number of halogens is 1. The van der Waals surface area contributed by atoms with Crippen molar-refractivity contribution in [1.82, 2.24) is 16.1 Å². The predicted octanol–water partition coefficient (Wildman–Crippen LogP) is 3.89. The Balaban J connectivity index is 1.03. The third kappa shape index (κ3) is 16.7. The summed E-state index contributed by atoms with van der Waals surface area (Å²) in [6.07, 6.45) is -14.7. The Bertz CT molecular complexity index is 3170. The number of non-ortho nitro benzene ring substituents is 1. The van der Waals surface area contributed by atoms with E-state index in [-0.39, 0.29) is 76.6 Å². The van der Waals surface area contributed by atoms with Gasteiger partial charge in [-0.15, -0.1) is 0 Å². The number of carbonyl (C=O) groups is 3. The number of methoxy groups -OCH3 is 5. The first-order valence-corrected chi connectivity index (χ1v) is 33.2. The van der Waals surface area contributed by atoms with Crippen LogP contribution < -0.4 is 30.3 Å². The molecule has 4 fully saturated rings. The van der Waals surface area contributed by atoms with Gasteiger partial charge in [-0.1, -0.05) is 70.0 Å². The lowest BCUT2D eigenvalue weighted by Gasteiger charge is -2.46. The number of fused-ring (bicyclic) bond motifs is 2. The van der Waals surface area contributed by atoms with Crippen molar-refractivity contribution in [2.24, 2.45) is 0 Å². The molecule has 1 amide bonds. The van der Waals surface area contributed by atoms with E-state index in [1.807, 2.05) is 29.5 Å². The normalized spacial score (nSPS) is 33.6. The molecule has 0 spiro atoms. The van der Waals surface area contributed by atoms with Crippen LogP contribution in [0, 0.1) is 44.3 Å². The van der Waals surface area contributed by atoms with Crippen LogP contribution in [-0.4, -0.2) is 217 Å². The minimum atomic E-state index is -2.17. The molecule has 4 aliphatic heterocycles. The van der Waals surface area contributed by atoms with Gasteiger partial charge in [-0.2, -0.15) is 5.48 Å². The number of amides is 1. The number of hydrogen-bond acceptors (Lipinski definition) is 28. The van der Waals surface area contributed by atoms with E-state index in [1.165, 1.54) is 67.2 Å². The summed E-state index contributed by atoms with van der Waals surface area (Å²) in [4.78, 5) is 59.4. The standard InChI is InChI=1S/C60H75IN4O23S3/c1-11-62-35-27-81-40(25-39(35)76-6)86-53-48(69)45(64-88-41-24-36(66)55(31(5)82-41)90-56(71)42-28(2)44(61)51(54(79-9)50(42)77-7)87-57-49(70)52(78-8)47(68)30(4)84-57)29(3)83-58(53)85-38-16-14-12-13-15-22-60(73)26-37(67)46(63-59(72)80-10)43(38)34(60)21-23-89-91-33-19-17-32(18-20-33)65(74)75/h12-13,17-21,29-31,35-36,38-41,45,47-49,52-53,55,57-58,62,64,66,68-70,73H,11,23-27H2,1-10H3,(H,63,72)/b13-12?,34-21+/t29-,30+,31-,35+,36+,38+,39+,40+,41+,45-,47+,48+,49-,52-,53-,55-,57+,58+,60+/m1/s1. The average molecular weight is 1440 g/mol. The van der Waals surface area contributed by atoms with E-state index < -0.39 is 138 Å². The lowest BCUT2D eigenvalue weighted by molar-refractivity contribution is -0.384. The fourth-order valence-corrected chi connectivity index (χ4v) is 14.8. The van der Waals surface area contributed by atoms with Gasteiger partial charge in [0.25, 0.3) is 5.69 Å². The number of aliphatic hydroxyl groups excluding tert-OH is 4. The number of hydroxylamine groups is 1. The number of nitro groups is 1. The lowest BCUT2D eigenvalue weighted by atomic mass is 9.75. The van der Waals surface area contributed by atoms with Gasteiger partial charge in [0.05, 0.1) is 102 Å². The largest absolute Gasteiger partial charge is 0.492 e. The van der Waals surface area contributed by atoms with Gasteiger partial charge in [-0.3, -0.25) is 29.9 Å². The number of likely N-dealkylation sites (N-methyl/N-ethyl adjacent to an activating group) is 1. The molecule has 2 bridgehead atoms. The minimum absolute atomic E-state index is 0.0112. The van der Waals surface area contributed by atoms with Crippen LogP contribution in [0.15, 0.2) is 64.2 Å². The monoisotopic (exact) mass is 1440 g/mol. The summed E-state index contributed by atoms with van der Waals surface area (Å²) in [5.41, 5.74) is 0.785. The first kappa shape index (κ1) is 72.2. The molecule has 4 heterocycles. The zero-order valence-corrected chi connectivity index (χ0v) is 55.9. The second-order valence-corrected chi connectivity index (χ2v) is 26.3. The Kier molecular flexibility index (Phi) is 25.9. The third-order valence-corrected chi connectivity index (χ3v) is 20.8. The molecule has 8 rings (SSSR count). The quantitative estimate of drug-likeness (QED) is 0.0195. The Labute approximate surface area is 551 Å². The van der Waals surface area contributed by atoms with E-state index >= 15 is 0 Å². The summed E-state index contributed by atoms with van der Waals surface area (Å²) in [6, 6.07) is 4.58. The molecule has 2 aliphatic carbocycles. The number of nitrogens with zero attached hydrogens (tertiary/aromatic N) is 1. The second kappa shape index (κ2) is 32.6. The molecule has 498 valence electrons. The second-order valence-electron chi connectivity index (χ2n) is 21.7. The van der Waals surface area contributed by atoms with Crippen molar-refractivity contribution in [2.45, 2.75) is 174 Å². The van der Waals surface area contributed by atoms with E-state index in [9.17, 15) is 50.0 Å². The molecule has 27 nitrogen and oxygen atoms in total. The Morgan fingerprint density at radius 2 is 1.59 bits per heavy atom. The number of benzene rings is 2.